The van der Waals surface area contributed by atoms with Crippen LogP contribution in [0.5, 0.6) is 0 Å². The van der Waals surface area contributed by atoms with Crippen LogP contribution in [-0.4, -0.2) is 29.3 Å². The van der Waals surface area contributed by atoms with Gasteiger partial charge in [-0.2, -0.15) is 5.10 Å². The number of imidazole rings is 1. The molecule has 0 bridgehead atoms. The highest BCUT2D eigenvalue weighted by Crippen LogP contribution is 2.24. The molecule has 7 nitrogen and oxygen atoms in total. The summed E-state index contributed by atoms with van der Waals surface area (Å²) in [6, 6.07) is 8.31. The van der Waals surface area contributed by atoms with Crippen molar-refractivity contribution in [1.29, 1.82) is 0 Å². The molecule has 0 saturated heterocycles. The van der Waals surface area contributed by atoms with Gasteiger partial charge in [0.05, 0.1) is 17.3 Å². The third-order valence-corrected chi connectivity index (χ3v) is 4.65. The molecule has 4 rings (SSSR count). The van der Waals surface area contributed by atoms with Gasteiger partial charge in [-0.05, 0) is 18.6 Å². The maximum Gasteiger partial charge on any atom is 0.163 e. The van der Waals surface area contributed by atoms with Crippen LogP contribution in [0, 0.1) is 6.92 Å². The van der Waals surface area contributed by atoms with Gasteiger partial charge < -0.3 is 9.88 Å². The molecule has 0 aliphatic carbocycles. The molecule has 4 aromatic rings. The summed E-state index contributed by atoms with van der Waals surface area (Å²) < 4.78 is 3.88. The molecule has 1 N–H and O–H groups in total. The van der Waals surface area contributed by atoms with Crippen LogP contribution >= 0.6 is 0 Å². The number of hydrogen-bond acceptors (Lipinski definition) is 5. The monoisotopic (exact) mass is 361 g/mol. The van der Waals surface area contributed by atoms with Gasteiger partial charge in [0.2, 0.25) is 0 Å². The van der Waals surface area contributed by atoms with E-state index in [-0.39, 0.29) is 5.92 Å². The molecule has 1 aromatic carbocycles. The van der Waals surface area contributed by atoms with E-state index in [1.165, 1.54) is 5.56 Å². The van der Waals surface area contributed by atoms with E-state index in [1.54, 1.807) is 4.68 Å². The highest BCUT2D eigenvalue weighted by Gasteiger charge is 2.14. The second kappa shape index (κ2) is 6.83. The van der Waals surface area contributed by atoms with Gasteiger partial charge in [-0.15, -0.1) is 0 Å². The number of rotatable bonds is 5. The van der Waals surface area contributed by atoms with Crippen LogP contribution in [0.3, 0.4) is 0 Å². The van der Waals surface area contributed by atoms with Gasteiger partial charge in [-0.1, -0.05) is 32.0 Å². The third kappa shape index (κ3) is 3.16. The Morgan fingerprint density at radius 3 is 2.70 bits per heavy atom. The molecule has 27 heavy (non-hydrogen) atoms. The van der Waals surface area contributed by atoms with Crippen LogP contribution < -0.4 is 5.32 Å². The minimum Gasteiger partial charge on any atom is -0.365 e. The van der Waals surface area contributed by atoms with Crippen molar-refractivity contribution < 1.29 is 0 Å². The average molecular weight is 361 g/mol. The molecule has 3 aromatic heterocycles. The van der Waals surface area contributed by atoms with E-state index < -0.39 is 0 Å². The van der Waals surface area contributed by atoms with E-state index in [0.29, 0.717) is 6.54 Å². The first-order valence-corrected chi connectivity index (χ1v) is 9.06. The fourth-order valence-electron chi connectivity index (χ4n) is 3.14. The quantitative estimate of drug-likeness (QED) is 0.588. The van der Waals surface area contributed by atoms with Gasteiger partial charge in [-0.25, -0.2) is 15.0 Å². The number of hydrogen-bond donors (Lipinski definition) is 1. The summed E-state index contributed by atoms with van der Waals surface area (Å²) >= 11 is 0. The molecular weight excluding hydrogens is 338 g/mol. The maximum atomic E-state index is 4.74. The van der Waals surface area contributed by atoms with Gasteiger partial charge in [-0.3, -0.25) is 4.68 Å². The Kier molecular flexibility index (Phi) is 4.35. The Balaban J connectivity index is 1.70. The largest absolute Gasteiger partial charge is 0.365 e. The Labute approximate surface area is 158 Å². The van der Waals surface area contributed by atoms with Crippen molar-refractivity contribution in [2.45, 2.75) is 33.2 Å². The van der Waals surface area contributed by atoms with Gasteiger partial charge in [0.15, 0.2) is 5.65 Å². The maximum absolute atomic E-state index is 4.74. The van der Waals surface area contributed by atoms with Crippen LogP contribution in [0.1, 0.15) is 37.0 Å². The zero-order valence-electron chi connectivity index (χ0n) is 16.0. The van der Waals surface area contributed by atoms with E-state index >= 15 is 0 Å². The number of nitrogens with zero attached hydrogens (tertiary/aromatic N) is 6. The molecule has 0 fully saturated rings. The smallest absolute Gasteiger partial charge is 0.163 e. The predicted molar refractivity (Wildman–Crippen MR) is 106 cm³/mol. The average Bonchev–Trinajstić information content (AvgIpc) is 3.26. The minimum atomic E-state index is 0.241. The first-order chi connectivity index (χ1) is 13.0. The lowest BCUT2D eigenvalue weighted by Gasteiger charge is -2.14. The number of nitrogens with one attached hydrogen (secondary N) is 1. The van der Waals surface area contributed by atoms with E-state index in [4.69, 9.17) is 4.98 Å². The third-order valence-electron chi connectivity index (χ3n) is 4.65. The molecular formula is C20H23N7. The lowest BCUT2D eigenvalue weighted by atomic mass is 10.1. The van der Waals surface area contributed by atoms with Crippen LogP contribution in [-0.2, 0) is 13.6 Å². The van der Waals surface area contributed by atoms with Crippen molar-refractivity contribution in [3.05, 3.63) is 60.1 Å². The second-order valence-corrected chi connectivity index (χ2v) is 6.92. The number of para-hydroxylation sites is 1. The van der Waals surface area contributed by atoms with Crippen molar-refractivity contribution in [3.63, 3.8) is 0 Å². The van der Waals surface area contributed by atoms with Crippen LogP contribution in [0.15, 0.2) is 42.9 Å². The summed E-state index contributed by atoms with van der Waals surface area (Å²) in [5, 5.41) is 8.77. The van der Waals surface area contributed by atoms with E-state index in [1.807, 2.05) is 44.7 Å². The Bertz CT molecular complexity index is 1090. The summed E-state index contributed by atoms with van der Waals surface area (Å²) in [6.45, 7) is 6.84. The summed E-state index contributed by atoms with van der Waals surface area (Å²) in [5.74, 6) is 2.83. The molecule has 0 aliphatic rings. The van der Waals surface area contributed by atoms with Crippen molar-refractivity contribution in [2.24, 2.45) is 7.05 Å². The van der Waals surface area contributed by atoms with E-state index in [2.05, 4.69) is 50.9 Å². The van der Waals surface area contributed by atoms with Crippen LogP contribution in [0.25, 0.3) is 16.7 Å². The predicted octanol–water partition coefficient (Wildman–Crippen LogP) is 3.59. The van der Waals surface area contributed by atoms with Crippen molar-refractivity contribution in [2.75, 3.05) is 5.32 Å². The Morgan fingerprint density at radius 2 is 1.96 bits per heavy atom. The zero-order chi connectivity index (χ0) is 19.0. The highest BCUT2D eigenvalue weighted by atomic mass is 15.3. The highest BCUT2D eigenvalue weighted by molar-refractivity contribution is 5.86. The Morgan fingerprint density at radius 1 is 1.15 bits per heavy atom. The Hall–Kier alpha value is -3.22. The molecule has 0 aliphatic heterocycles. The van der Waals surface area contributed by atoms with Crippen molar-refractivity contribution >= 4 is 16.9 Å². The van der Waals surface area contributed by atoms with Gasteiger partial charge in [0.25, 0.3) is 0 Å². The van der Waals surface area contributed by atoms with Gasteiger partial charge in [0.1, 0.15) is 17.5 Å². The summed E-state index contributed by atoms with van der Waals surface area (Å²) in [6.07, 6.45) is 5.61. The lowest BCUT2D eigenvalue weighted by molar-refractivity contribution is 0.752. The fourth-order valence-corrected chi connectivity index (χ4v) is 3.14. The minimum absolute atomic E-state index is 0.241. The standard InChI is InChI=1S/C20H23N7/c1-13(2)18-24-19(16-12-23-26(4)20(16)25-18)22-11-15-7-5-6-8-17(15)27-10-9-21-14(27)3/h5-10,12-13H,11H2,1-4H3,(H,22,24,25). The van der Waals surface area contributed by atoms with Gasteiger partial charge in [0, 0.05) is 31.9 Å². The molecule has 0 radical (unpaired) electrons. The number of benzene rings is 1. The van der Waals surface area contributed by atoms with Gasteiger partial charge >= 0.3 is 0 Å². The SMILES string of the molecule is Cc1nccn1-c1ccccc1CNc1nc(C(C)C)nc2c1cnn2C. The molecule has 7 heteroatoms. The zero-order valence-corrected chi connectivity index (χ0v) is 16.0. The molecule has 0 spiro atoms. The first kappa shape index (κ1) is 17.2. The lowest BCUT2D eigenvalue weighted by Crippen LogP contribution is -2.09. The number of anilines is 1. The topological polar surface area (TPSA) is 73.5 Å². The second-order valence-electron chi connectivity index (χ2n) is 6.92. The molecule has 3 heterocycles. The first-order valence-electron chi connectivity index (χ1n) is 9.06. The van der Waals surface area contributed by atoms with Crippen LogP contribution in [0.2, 0.25) is 0 Å². The van der Waals surface area contributed by atoms with E-state index in [9.17, 15) is 0 Å². The fraction of sp³-hybridized carbons (Fsp3) is 0.300. The molecule has 0 saturated carbocycles. The van der Waals surface area contributed by atoms with Crippen LogP contribution in [0.4, 0.5) is 5.82 Å². The van der Waals surface area contributed by atoms with E-state index in [0.717, 1.165) is 34.2 Å². The van der Waals surface area contributed by atoms with Crippen molar-refractivity contribution in [3.8, 4) is 5.69 Å². The molecule has 0 atom stereocenters. The number of aryl methyl sites for hydroxylation is 2. The normalized spacial score (nSPS) is 11.4. The molecule has 138 valence electrons. The summed E-state index contributed by atoms with van der Waals surface area (Å²) in [7, 11) is 1.90. The molecule has 0 amide bonds. The van der Waals surface area contributed by atoms with Crippen molar-refractivity contribution in [1.82, 2.24) is 29.3 Å². The summed E-state index contributed by atoms with van der Waals surface area (Å²) in [4.78, 5) is 13.7. The number of fused-ring (bicyclic) bond motifs is 1. The summed E-state index contributed by atoms with van der Waals surface area (Å²) in [5.41, 5.74) is 3.12. The molecule has 0 unspecified atom stereocenters. The number of aromatic nitrogens is 6.